The van der Waals surface area contributed by atoms with E-state index in [1.165, 1.54) is 5.56 Å². The average molecular weight is 425 g/mol. The predicted molar refractivity (Wildman–Crippen MR) is 126 cm³/mol. The number of piperazine rings is 1. The lowest BCUT2D eigenvalue weighted by Gasteiger charge is -2.42. The van der Waals surface area contributed by atoms with Crippen molar-refractivity contribution in [3.8, 4) is 5.88 Å². The van der Waals surface area contributed by atoms with Gasteiger partial charge in [-0.1, -0.05) is 30.3 Å². The van der Waals surface area contributed by atoms with Crippen LogP contribution in [0.3, 0.4) is 0 Å². The van der Waals surface area contributed by atoms with Gasteiger partial charge in [-0.2, -0.15) is 4.98 Å². The summed E-state index contributed by atoms with van der Waals surface area (Å²) in [6.07, 6.45) is 0. The van der Waals surface area contributed by atoms with Gasteiger partial charge in [-0.05, 0) is 40.3 Å². The van der Waals surface area contributed by atoms with Crippen LogP contribution in [-0.4, -0.2) is 68.0 Å². The van der Waals surface area contributed by atoms with Gasteiger partial charge in [-0.15, -0.1) is 0 Å². The van der Waals surface area contributed by atoms with Gasteiger partial charge in [0.15, 0.2) is 0 Å². The van der Waals surface area contributed by atoms with Crippen molar-refractivity contribution in [2.75, 3.05) is 56.2 Å². The van der Waals surface area contributed by atoms with E-state index in [-0.39, 0.29) is 11.6 Å². The van der Waals surface area contributed by atoms with Crippen LogP contribution < -0.4 is 14.5 Å². The van der Waals surface area contributed by atoms with Gasteiger partial charge in [-0.25, -0.2) is 0 Å². The number of aromatic nitrogens is 1. The Morgan fingerprint density at radius 3 is 2.52 bits per heavy atom. The van der Waals surface area contributed by atoms with Crippen LogP contribution in [0.5, 0.6) is 5.88 Å². The van der Waals surface area contributed by atoms with E-state index in [0.29, 0.717) is 11.9 Å². The maximum absolute atomic E-state index is 6.26. The van der Waals surface area contributed by atoms with Crippen molar-refractivity contribution in [1.82, 2.24) is 9.88 Å². The predicted octanol–water partition coefficient (Wildman–Crippen LogP) is 3.98. The van der Waals surface area contributed by atoms with Gasteiger partial charge >= 0.3 is 0 Å². The molecule has 168 valence electrons. The quantitative estimate of drug-likeness (QED) is 0.740. The van der Waals surface area contributed by atoms with Crippen LogP contribution in [0.4, 0.5) is 11.5 Å². The molecule has 1 aromatic carbocycles. The summed E-state index contributed by atoms with van der Waals surface area (Å²) in [5.41, 5.74) is 2.17. The molecule has 0 saturated carbocycles. The Kier molecular flexibility index (Phi) is 6.39. The Bertz CT molecular complexity index is 868. The first-order chi connectivity index (χ1) is 14.8. The minimum Gasteiger partial charge on any atom is -0.472 e. The summed E-state index contributed by atoms with van der Waals surface area (Å²) in [7, 11) is 2.20. The molecule has 3 heterocycles. The molecule has 0 bridgehead atoms. The van der Waals surface area contributed by atoms with E-state index in [0.717, 1.165) is 50.9 Å². The highest BCUT2D eigenvalue weighted by Gasteiger charge is 2.30. The van der Waals surface area contributed by atoms with Gasteiger partial charge in [0.05, 0.1) is 19.3 Å². The molecule has 6 nitrogen and oxygen atoms in total. The molecule has 0 radical (unpaired) electrons. The number of anilines is 2. The smallest absolute Gasteiger partial charge is 0.217 e. The first-order valence-electron chi connectivity index (χ1n) is 11.4. The molecule has 2 aliphatic rings. The highest BCUT2D eigenvalue weighted by Crippen LogP contribution is 2.35. The summed E-state index contributed by atoms with van der Waals surface area (Å²) < 4.78 is 11.9. The third-order valence-electron chi connectivity index (χ3n) is 5.95. The molecule has 2 atom stereocenters. The summed E-state index contributed by atoms with van der Waals surface area (Å²) in [5.74, 6) is 1.67. The van der Waals surface area contributed by atoms with E-state index in [9.17, 15) is 0 Å². The maximum atomic E-state index is 6.26. The SMILES string of the molecule is C[C@@H]1COCCN1c1cc(OC(C)(C)C)nc(N2CCN(C)CC2c2ccccc2)c1. The zero-order valence-corrected chi connectivity index (χ0v) is 19.5. The molecule has 1 unspecified atom stereocenters. The molecular formula is C25H36N4O2. The van der Waals surface area contributed by atoms with E-state index in [1.54, 1.807) is 0 Å². The second-order valence-electron chi connectivity index (χ2n) is 9.74. The number of ether oxygens (including phenoxy) is 2. The van der Waals surface area contributed by atoms with Crippen LogP contribution in [0, 0.1) is 0 Å². The summed E-state index contributed by atoms with van der Waals surface area (Å²) >= 11 is 0. The highest BCUT2D eigenvalue weighted by atomic mass is 16.5. The number of benzene rings is 1. The monoisotopic (exact) mass is 424 g/mol. The van der Waals surface area contributed by atoms with Gasteiger partial charge in [0, 0.05) is 50.0 Å². The molecular weight excluding hydrogens is 388 g/mol. The van der Waals surface area contributed by atoms with Crippen LogP contribution >= 0.6 is 0 Å². The number of hydrogen-bond donors (Lipinski definition) is 0. The zero-order valence-electron chi connectivity index (χ0n) is 19.5. The lowest BCUT2D eigenvalue weighted by Crippen LogP contribution is -2.47. The molecule has 4 rings (SSSR count). The standard InChI is InChI=1S/C25H36N4O2/c1-19-18-30-14-13-28(19)21-15-23(26-24(16-21)31-25(2,3)4)29-12-11-27(5)17-22(29)20-9-7-6-8-10-20/h6-10,15-16,19,22H,11-14,17-18H2,1-5H3/t19-,22?/m1/s1. The van der Waals surface area contributed by atoms with Crippen LogP contribution in [0.25, 0.3) is 0 Å². The summed E-state index contributed by atoms with van der Waals surface area (Å²) in [5, 5.41) is 0. The average Bonchev–Trinajstić information content (AvgIpc) is 2.73. The van der Waals surface area contributed by atoms with Gasteiger partial charge in [0.25, 0.3) is 0 Å². The summed E-state index contributed by atoms with van der Waals surface area (Å²) in [6, 6.07) is 15.7. The molecule has 1 aromatic heterocycles. The van der Waals surface area contributed by atoms with Crippen LogP contribution in [0.1, 0.15) is 39.3 Å². The van der Waals surface area contributed by atoms with Gasteiger partial charge in [0.2, 0.25) is 5.88 Å². The van der Waals surface area contributed by atoms with Crippen LogP contribution in [0.15, 0.2) is 42.5 Å². The second-order valence-corrected chi connectivity index (χ2v) is 9.74. The Morgan fingerprint density at radius 2 is 1.81 bits per heavy atom. The Morgan fingerprint density at radius 1 is 1.03 bits per heavy atom. The normalized spacial score (nSPS) is 23.1. The molecule has 31 heavy (non-hydrogen) atoms. The zero-order chi connectivity index (χ0) is 22.0. The molecule has 2 saturated heterocycles. The summed E-state index contributed by atoms with van der Waals surface area (Å²) in [6.45, 7) is 13.7. The number of hydrogen-bond acceptors (Lipinski definition) is 6. The van der Waals surface area contributed by atoms with Crippen molar-refractivity contribution in [2.24, 2.45) is 0 Å². The van der Waals surface area contributed by atoms with E-state index in [1.807, 2.05) is 0 Å². The third kappa shape index (κ3) is 5.31. The Balaban J connectivity index is 1.74. The number of likely N-dealkylation sites (N-methyl/N-ethyl adjacent to an activating group) is 1. The Hall–Kier alpha value is -2.31. The largest absolute Gasteiger partial charge is 0.472 e. The molecule has 2 aliphatic heterocycles. The van der Waals surface area contributed by atoms with E-state index in [2.05, 4.69) is 91.9 Å². The molecule has 0 spiro atoms. The van der Waals surface area contributed by atoms with Crippen molar-refractivity contribution in [3.63, 3.8) is 0 Å². The number of pyridine rings is 1. The van der Waals surface area contributed by atoms with Gasteiger partial charge < -0.3 is 24.2 Å². The van der Waals surface area contributed by atoms with E-state index >= 15 is 0 Å². The second kappa shape index (κ2) is 9.05. The van der Waals surface area contributed by atoms with Crippen LogP contribution in [0.2, 0.25) is 0 Å². The minimum atomic E-state index is -0.305. The van der Waals surface area contributed by atoms with E-state index < -0.39 is 0 Å². The number of morpholine rings is 1. The fraction of sp³-hybridized carbons (Fsp3) is 0.560. The first kappa shape index (κ1) is 21.9. The topological polar surface area (TPSA) is 41.1 Å². The van der Waals surface area contributed by atoms with Crippen molar-refractivity contribution in [3.05, 3.63) is 48.0 Å². The fourth-order valence-corrected chi connectivity index (χ4v) is 4.42. The minimum absolute atomic E-state index is 0.257. The van der Waals surface area contributed by atoms with Crippen molar-refractivity contribution in [2.45, 2.75) is 45.4 Å². The number of rotatable bonds is 4. The third-order valence-corrected chi connectivity index (χ3v) is 5.95. The molecule has 0 N–H and O–H groups in total. The highest BCUT2D eigenvalue weighted by molar-refractivity contribution is 5.60. The van der Waals surface area contributed by atoms with Crippen LogP contribution in [-0.2, 0) is 4.74 Å². The summed E-state index contributed by atoms with van der Waals surface area (Å²) in [4.78, 5) is 12.2. The van der Waals surface area contributed by atoms with Gasteiger partial charge in [0.1, 0.15) is 11.4 Å². The van der Waals surface area contributed by atoms with Gasteiger partial charge in [-0.3, -0.25) is 0 Å². The molecule has 0 amide bonds. The lowest BCUT2D eigenvalue weighted by atomic mass is 10.0. The maximum Gasteiger partial charge on any atom is 0.217 e. The number of nitrogens with zero attached hydrogens (tertiary/aromatic N) is 4. The lowest BCUT2D eigenvalue weighted by molar-refractivity contribution is 0.0986. The molecule has 0 aliphatic carbocycles. The fourth-order valence-electron chi connectivity index (χ4n) is 4.42. The Labute approximate surface area is 186 Å². The molecule has 6 heteroatoms. The van der Waals surface area contributed by atoms with Crippen molar-refractivity contribution >= 4 is 11.5 Å². The molecule has 2 fully saturated rings. The van der Waals surface area contributed by atoms with Crippen molar-refractivity contribution < 1.29 is 9.47 Å². The first-order valence-corrected chi connectivity index (χ1v) is 11.4. The molecule has 2 aromatic rings. The van der Waals surface area contributed by atoms with Crippen molar-refractivity contribution in [1.29, 1.82) is 0 Å². The van der Waals surface area contributed by atoms with E-state index in [4.69, 9.17) is 14.5 Å².